The molecule has 1 aromatic rings. The molecule has 0 amide bonds. The molecular formula is C13H16ClNO5S. The van der Waals surface area contributed by atoms with Crippen molar-refractivity contribution in [2.45, 2.75) is 11.8 Å². The minimum atomic E-state index is -3.76. The van der Waals surface area contributed by atoms with E-state index < -0.39 is 16.0 Å². The van der Waals surface area contributed by atoms with Gasteiger partial charge in [0, 0.05) is 6.54 Å². The fourth-order valence-electron chi connectivity index (χ4n) is 1.41. The minimum Gasteiger partial charge on any atom is -0.478 e. The van der Waals surface area contributed by atoms with Gasteiger partial charge in [0.1, 0.15) is 0 Å². The maximum Gasteiger partial charge on any atom is 0.337 e. The summed E-state index contributed by atoms with van der Waals surface area (Å²) in [7, 11) is -3.76. The lowest BCUT2D eigenvalue weighted by Gasteiger charge is -2.08. The third kappa shape index (κ3) is 5.47. The molecule has 0 aromatic heterocycles. The van der Waals surface area contributed by atoms with Gasteiger partial charge in [-0.25, -0.2) is 17.9 Å². The molecule has 6 nitrogen and oxygen atoms in total. The number of carbonyl (C=O) groups is 1. The Balaban J connectivity index is 2.68. The number of halogens is 1. The molecular weight excluding hydrogens is 318 g/mol. The van der Waals surface area contributed by atoms with Crippen LogP contribution in [0.3, 0.4) is 0 Å². The number of carboxylic acids is 1. The Kier molecular flexibility index (Phi) is 6.35. The fourth-order valence-corrected chi connectivity index (χ4v) is 2.78. The minimum absolute atomic E-state index is 0.0912. The van der Waals surface area contributed by atoms with Crippen LogP contribution in [0.5, 0.6) is 0 Å². The van der Waals surface area contributed by atoms with E-state index in [0.29, 0.717) is 6.61 Å². The number of sulfonamides is 1. The summed E-state index contributed by atoms with van der Waals surface area (Å²) in [6.07, 6.45) is 0. The van der Waals surface area contributed by atoms with E-state index in [0.717, 1.165) is 17.7 Å². The molecule has 2 N–H and O–H groups in total. The number of hydrogen-bond acceptors (Lipinski definition) is 4. The van der Waals surface area contributed by atoms with Gasteiger partial charge in [-0.2, -0.15) is 0 Å². The molecule has 0 atom stereocenters. The van der Waals surface area contributed by atoms with E-state index in [-0.39, 0.29) is 28.6 Å². The van der Waals surface area contributed by atoms with E-state index in [1.165, 1.54) is 6.07 Å². The summed E-state index contributed by atoms with van der Waals surface area (Å²) in [5, 5.41) is 8.70. The first kappa shape index (κ1) is 17.6. The summed E-state index contributed by atoms with van der Waals surface area (Å²) in [4.78, 5) is 10.7. The molecule has 0 spiro atoms. The van der Waals surface area contributed by atoms with Crippen LogP contribution in [0.25, 0.3) is 0 Å². The summed E-state index contributed by atoms with van der Waals surface area (Å²) < 4.78 is 31.5. The Morgan fingerprint density at radius 2 is 2.14 bits per heavy atom. The molecule has 116 valence electrons. The van der Waals surface area contributed by atoms with Crippen LogP contribution in [0, 0.1) is 0 Å². The normalized spacial score (nSPS) is 11.3. The van der Waals surface area contributed by atoms with E-state index in [2.05, 4.69) is 11.3 Å². The molecule has 0 bridgehead atoms. The average molecular weight is 334 g/mol. The lowest BCUT2D eigenvalue weighted by molar-refractivity contribution is 0.0697. The van der Waals surface area contributed by atoms with Gasteiger partial charge < -0.3 is 9.84 Å². The molecule has 0 aliphatic heterocycles. The van der Waals surface area contributed by atoms with E-state index in [9.17, 15) is 13.2 Å². The number of ether oxygens (including phenoxy) is 1. The maximum absolute atomic E-state index is 12.0. The van der Waals surface area contributed by atoms with Crippen molar-refractivity contribution in [2.75, 3.05) is 19.8 Å². The molecule has 1 aromatic carbocycles. The van der Waals surface area contributed by atoms with Gasteiger partial charge in [0.15, 0.2) is 0 Å². The quantitative estimate of drug-likeness (QED) is 0.560. The summed E-state index contributed by atoms with van der Waals surface area (Å²) in [5.74, 6) is -1.22. The van der Waals surface area contributed by atoms with Crippen molar-refractivity contribution in [1.82, 2.24) is 4.72 Å². The van der Waals surface area contributed by atoms with Crippen molar-refractivity contribution in [2.24, 2.45) is 0 Å². The molecule has 0 fully saturated rings. The highest BCUT2D eigenvalue weighted by atomic mass is 35.5. The van der Waals surface area contributed by atoms with E-state index in [1.54, 1.807) is 6.92 Å². The van der Waals surface area contributed by atoms with Crippen LogP contribution in [0.15, 0.2) is 35.2 Å². The van der Waals surface area contributed by atoms with Crippen LogP contribution >= 0.6 is 11.6 Å². The first-order chi connectivity index (χ1) is 9.74. The third-order valence-electron chi connectivity index (χ3n) is 2.37. The van der Waals surface area contributed by atoms with E-state index in [4.69, 9.17) is 21.4 Å². The SMILES string of the molecule is C=C(C)COCCNS(=O)(=O)c1ccc(C(=O)O)c(Cl)c1. The van der Waals surface area contributed by atoms with Gasteiger partial charge in [-0.15, -0.1) is 0 Å². The second-order valence-corrected chi connectivity index (χ2v) is 6.53. The molecule has 0 unspecified atom stereocenters. The Morgan fingerprint density at radius 3 is 2.67 bits per heavy atom. The number of rotatable bonds is 8. The van der Waals surface area contributed by atoms with E-state index >= 15 is 0 Å². The van der Waals surface area contributed by atoms with Gasteiger partial charge in [0.05, 0.1) is 28.7 Å². The van der Waals surface area contributed by atoms with Crippen molar-refractivity contribution < 1.29 is 23.1 Å². The summed E-state index contributed by atoms with van der Waals surface area (Å²) >= 11 is 5.74. The molecule has 0 saturated heterocycles. The topological polar surface area (TPSA) is 92.7 Å². The zero-order valence-electron chi connectivity index (χ0n) is 11.4. The molecule has 0 aliphatic rings. The monoisotopic (exact) mass is 333 g/mol. The number of aromatic carboxylic acids is 1. The summed E-state index contributed by atoms with van der Waals surface area (Å²) in [6, 6.07) is 3.44. The second kappa shape index (κ2) is 7.56. The number of benzene rings is 1. The highest BCUT2D eigenvalue weighted by molar-refractivity contribution is 7.89. The Hall–Kier alpha value is -1.41. The smallest absolute Gasteiger partial charge is 0.337 e. The van der Waals surface area contributed by atoms with Crippen molar-refractivity contribution in [1.29, 1.82) is 0 Å². The third-order valence-corrected chi connectivity index (χ3v) is 4.14. The van der Waals surface area contributed by atoms with Crippen molar-refractivity contribution in [3.63, 3.8) is 0 Å². The second-order valence-electron chi connectivity index (χ2n) is 4.35. The number of nitrogens with one attached hydrogen (secondary N) is 1. The lowest BCUT2D eigenvalue weighted by Crippen LogP contribution is -2.27. The van der Waals surface area contributed by atoms with E-state index in [1.807, 2.05) is 0 Å². The molecule has 21 heavy (non-hydrogen) atoms. The molecule has 0 aliphatic carbocycles. The van der Waals surface area contributed by atoms with Crippen molar-refractivity contribution >= 4 is 27.6 Å². The lowest BCUT2D eigenvalue weighted by atomic mass is 10.2. The standard InChI is InChI=1S/C13H16ClNO5S/c1-9(2)8-20-6-5-15-21(18,19)10-3-4-11(13(16)17)12(14)7-10/h3-4,7,15H,1,5-6,8H2,2H3,(H,16,17). The average Bonchev–Trinajstić information content (AvgIpc) is 2.37. The largest absolute Gasteiger partial charge is 0.478 e. The van der Waals surface area contributed by atoms with Gasteiger partial charge in [0.2, 0.25) is 10.0 Å². The van der Waals surface area contributed by atoms with Gasteiger partial charge in [-0.05, 0) is 25.1 Å². The Labute approximate surface area is 128 Å². The van der Waals surface area contributed by atoms with Crippen molar-refractivity contribution in [3.8, 4) is 0 Å². The molecule has 8 heteroatoms. The van der Waals surface area contributed by atoms with Crippen LogP contribution in [-0.2, 0) is 14.8 Å². The predicted octanol–water partition coefficient (Wildman–Crippen LogP) is 1.91. The number of carboxylic acid groups (broad SMARTS) is 1. The summed E-state index contributed by atoms with van der Waals surface area (Å²) in [5.41, 5.74) is 0.689. The molecule has 0 radical (unpaired) electrons. The summed E-state index contributed by atoms with van der Waals surface area (Å²) in [6.45, 7) is 6.11. The molecule has 0 saturated carbocycles. The molecule has 0 heterocycles. The first-order valence-electron chi connectivity index (χ1n) is 5.98. The van der Waals surface area contributed by atoms with Gasteiger partial charge >= 0.3 is 5.97 Å². The maximum atomic E-state index is 12.0. The van der Waals surface area contributed by atoms with Crippen LogP contribution in [0.1, 0.15) is 17.3 Å². The van der Waals surface area contributed by atoms with Crippen LogP contribution in [-0.4, -0.2) is 39.3 Å². The van der Waals surface area contributed by atoms with Crippen molar-refractivity contribution in [3.05, 3.63) is 40.9 Å². The highest BCUT2D eigenvalue weighted by Crippen LogP contribution is 2.20. The zero-order valence-corrected chi connectivity index (χ0v) is 13.0. The van der Waals surface area contributed by atoms with Crippen LogP contribution in [0.4, 0.5) is 0 Å². The highest BCUT2D eigenvalue weighted by Gasteiger charge is 2.17. The molecule has 1 rings (SSSR count). The fraction of sp³-hybridized carbons (Fsp3) is 0.308. The van der Waals surface area contributed by atoms with Gasteiger partial charge in [0.25, 0.3) is 0 Å². The Morgan fingerprint density at radius 1 is 1.48 bits per heavy atom. The van der Waals surface area contributed by atoms with Crippen LogP contribution < -0.4 is 4.72 Å². The zero-order chi connectivity index (χ0) is 16.0. The van der Waals surface area contributed by atoms with Gasteiger partial charge in [-0.1, -0.05) is 23.8 Å². The van der Waals surface area contributed by atoms with Gasteiger partial charge in [-0.3, -0.25) is 0 Å². The predicted molar refractivity (Wildman–Crippen MR) is 79.2 cm³/mol. The van der Waals surface area contributed by atoms with Crippen LogP contribution in [0.2, 0.25) is 5.02 Å². The number of hydrogen-bond donors (Lipinski definition) is 2. The first-order valence-corrected chi connectivity index (χ1v) is 7.85. The Bertz CT molecular complexity index is 642.